The lowest BCUT2D eigenvalue weighted by Crippen LogP contribution is -1.98. The highest BCUT2D eigenvalue weighted by Crippen LogP contribution is 2.33. The molecular formula is C18H18N4O4S. The Labute approximate surface area is 160 Å². The molecule has 0 spiro atoms. The van der Waals surface area contributed by atoms with Gasteiger partial charge in [0, 0.05) is 30.5 Å². The molecule has 0 saturated heterocycles. The van der Waals surface area contributed by atoms with Crippen LogP contribution >= 0.6 is 11.8 Å². The van der Waals surface area contributed by atoms with Crippen molar-refractivity contribution in [3.05, 3.63) is 58.1 Å². The molecular weight excluding hydrogens is 368 g/mol. The van der Waals surface area contributed by atoms with Crippen LogP contribution in [0.4, 0.5) is 5.69 Å². The van der Waals surface area contributed by atoms with Crippen molar-refractivity contribution in [2.75, 3.05) is 14.2 Å². The van der Waals surface area contributed by atoms with E-state index in [0.29, 0.717) is 28.2 Å². The second kappa shape index (κ2) is 8.09. The van der Waals surface area contributed by atoms with Crippen LogP contribution in [0.15, 0.2) is 47.6 Å². The maximum atomic E-state index is 11.0. The van der Waals surface area contributed by atoms with Gasteiger partial charge in [0.1, 0.15) is 11.5 Å². The standard InChI is InChI=1S/C18H18N4O4S/c1-21-17(14-6-4-5-7-16(14)26-3)19-20-18(21)27-11-12-10-13(22(23)24)8-9-15(12)25-2/h4-10H,11H2,1-3H3. The van der Waals surface area contributed by atoms with E-state index in [4.69, 9.17) is 9.47 Å². The van der Waals surface area contributed by atoms with Crippen molar-refractivity contribution < 1.29 is 14.4 Å². The SMILES string of the molecule is COc1ccc([N+](=O)[O-])cc1CSc1nnc(-c2ccccc2OC)n1C. The molecule has 3 aromatic rings. The van der Waals surface area contributed by atoms with Gasteiger partial charge < -0.3 is 14.0 Å². The Morgan fingerprint density at radius 2 is 1.85 bits per heavy atom. The van der Waals surface area contributed by atoms with Gasteiger partial charge in [-0.1, -0.05) is 23.9 Å². The molecule has 0 atom stereocenters. The Hall–Kier alpha value is -3.07. The maximum absolute atomic E-state index is 11.0. The molecule has 2 aromatic carbocycles. The van der Waals surface area contributed by atoms with Gasteiger partial charge in [-0.15, -0.1) is 10.2 Å². The zero-order valence-corrected chi connectivity index (χ0v) is 15.9. The molecule has 0 aliphatic rings. The second-order valence-corrected chi connectivity index (χ2v) is 6.55. The average molecular weight is 386 g/mol. The highest BCUT2D eigenvalue weighted by atomic mass is 32.2. The van der Waals surface area contributed by atoms with Gasteiger partial charge in [0.2, 0.25) is 0 Å². The van der Waals surface area contributed by atoms with E-state index >= 15 is 0 Å². The summed E-state index contributed by atoms with van der Waals surface area (Å²) in [6.45, 7) is 0. The number of nitro groups is 1. The van der Waals surface area contributed by atoms with Crippen molar-refractivity contribution in [1.29, 1.82) is 0 Å². The third-order valence-electron chi connectivity index (χ3n) is 4.01. The van der Waals surface area contributed by atoms with Crippen molar-refractivity contribution in [2.24, 2.45) is 7.05 Å². The van der Waals surface area contributed by atoms with Crippen LogP contribution in [-0.2, 0) is 12.8 Å². The number of benzene rings is 2. The summed E-state index contributed by atoms with van der Waals surface area (Å²) in [5, 5.41) is 20.2. The number of ether oxygens (including phenoxy) is 2. The van der Waals surface area contributed by atoms with E-state index in [1.165, 1.54) is 31.0 Å². The summed E-state index contributed by atoms with van der Waals surface area (Å²) in [6.07, 6.45) is 0. The van der Waals surface area contributed by atoms with Gasteiger partial charge in [-0.2, -0.15) is 0 Å². The molecule has 0 radical (unpaired) electrons. The number of aromatic nitrogens is 3. The fourth-order valence-corrected chi connectivity index (χ4v) is 3.53. The zero-order chi connectivity index (χ0) is 19.4. The predicted molar refractivity (Wildman–Crippen MR) is 102 cm³/mol. The van der Waals surface area contributed by atoms with Crippen LogP contribution in [0.2, 0.25) is 0 Å². The lowest BCUT2D eigenvalue weighted by atomic mass is 10.2. The van der Waals surface area contributed by atoms with Crippen molar-refractivity contribution in [1.82, 2.24) is 14.8 Å². The highest BCUT2D eigenvalue weighted by molar-refractivity contribution is 7.98. The molecule has 1 heterocycles. The Morgan fingerprint density at radius 1 is 1.11 bits per heavy atom. The van der Waals surface area contributed by atoms with Crippen molar-refractivity contribution in [3.63, 3.8) is 0 Å². The molecule has 0 unspecified atom stereocenters. The van der Waals surface area contributed by atoms with Gasteiger partial charge in [-0.3, -0.25) is 10.1 Å². The highest BCUT2D eigenvalue weighted by Gasteiger charge is 2.17. The zero-order valence-electron chi connectivity index (χ0n) is 15.1. The summed E-state index contributed by atoms with van der Waals surface area (Å²) >= 11 is 1.42. The van der Waals surface area contributed by atoms with Crippen LogP contribution in [0.25, 0.3) is 11.4 Å². The van der Waals surface area contributed by atoms with Crippen LogP contribution in [0.1, 0.15) is 5.56 Å². The van der Waals surface area contributed by atoms with Gasteiger partial charge >= 0.3 is 0 Å². The largest absolute Gasteiger partial charge is 0.496 e. The first-order valence-electron chi connectivity index (χ1n) is 8.02. The number of nitro benzene ring substituents is 1. The molecule has 9 heteroatoms. The number of rotatable bonds is 7. The number of methoxy groups -OCH3 is 2. The van der Waals surface area contributed by atoms with E-state index in [1.54, 1.807) is 13.2 Å². The molecule has 1 aromatic heterocycles. The molecule has 0 bridgehead atoms. The fraction of sp³-hybridized carbons (Fsp3) is 0.222. The topological polar surface area (TPSA) is 92.3 Å². The minimum Gasteiger partial charge on any atom is -0.496 e. The first-order valence-corrected chi connectivity index (χ1v) is 9.00. The van der Waals surface area contributed by atoms with Gasteiger partial charge in [0.05, 0.1) is 24.7 Å². The van der Waals surface area contributed by atoms with E-state index in [1.807, 2.05) is 35.9 Å². The first kappa shape index (κ1) is 18.7. The van der Waals surface area contributed by atoms with Gasteiger partial charge in [-0.25, -0.2) is 0 Å². The number of hydrogen-bond acceptors (Lipinski definition) is 7. The summed E-state index contributed by atoms with van der Waals surface area (Å²) in [5.41, 5.74) is 1.59. The Bertz CT molecular complexity index is 974. The van der Waals surface area contributed by atoms with E-state index in [-0.39, 0.29) is 5.69 Å². The summed E-state index contributed by atoms with van der Waals surface area (Å²) in [4.78, 5) is 10.6. The molecule has 0 aliphatic heterocycles. The molecule has 0 aliphatic carbocycles. The molecule has 0 amide bonds. The van der Waals surface area contributed by atoms with Gasteiger partial charge in [0.25, 0.3) is 5.69 Å². The van der Waals surface area contributed by atoms with Crippen LogP contribution in [0.5, 0.6) is 11.5 Å². The Balaban J connectivity index is 1.85. The average Bonchev–Trinajstić information content (AvgIpc) is 3.06. The quantitative estimate of drug-likeness (QED) is 0.347. The van der Waals surface area contributed by atoms with Crippen LogP contribution < -0.4 is 9.47 Å². The monoisotopic (exact) mass is 386 g/mol. The smallest absolute Gasteiger partial charge is 0.270 e. The van der Waals surface area contributed by atoms with E-state index in [0.717, 1.165) is 11.1 Å². The van der Waals surface area contributed by atoms with Crippen LogP contribution in [0.3, 0.4) is 0 Å². The summed E-state index contributed by atoms with van der Waals surface area (Å²) in [6, 6.07) is 12.1. The Kier molecular flexibility index (Phi) is 5.60. The molecule has 140 valence electrons. The minimum atomic E-state index is -0.421. The van der Waals surface area contributed by atoms with Crippen molar-refractivity contribution in [3.8, 4) is 22.9 Å². The molecule has 0 fully saturated rings. The van der Waals surface area contributed by atoms with E-state index in [9.17, 15) is 10.1 Å². The molecule has 27 heavy (non-hydrogen) atoms. The molecule has 3 rings (SSSR count). The van der Waals surface area contributed by atoms with Crippen LogP contribution in [-0.4, -0.2) is 33.9 Å². The molecule has 8 nitrogen and oxygen atoms in total. The number of hydrogen-bond donors (Lipinski definition) is 0. The normalized spacial score (nSPS) is 10.6. The summed E-state index contributed by atoms with van der Waals surface area (Å²) in [7, 11) is 5.02. The number of nitrogens with zero attached hydrogens (tertiary/aromatic N) is 4. The third kappa shape index (κ3) is 3.87. The lowest BCUT2D eigenvalue weighted by molar-refractivity contribution is -0.384. The molecule has 0 N–H and O–H groups in total. The van der Waals surface area contributed by atoms with Crippen molar-refractivity contribution in [2.45, 2.75) is 10.9 Å². The van der Waals surface area contributed by atoms with E-state index < -0.39 is 4.92 Å². The maximum Gasteiger partial charge on any atom is 0.270 e. The van der Waals surface area contributed by atoms with Crippen molar-refractivity contribution >= 4 is 17.4 Å². The van der Waals surface area contributed by atoms with Crippen LogP contribution in [0, 0.1) is 10.1 Å². The first-order chi connectivity index (χ1) is 13.0. The summed E-state index contributed by atoms with van der Waals surface area (Å²) < 4.78 is 12.6. The predicted octanol–water partition coefficient (Wildman–Crippen LogP) is 3.70. The van der Waals surface area contributed by atoms with Gasteiger partial charge in [0.15, 0.2) is 11.0 Å². The van der Waals surface area contributed by atoms with Gasteiger partial charge in [-0.05, 0) is 18.2 Å². The third-order valence-corrected chi connectivity index (χ3v) is 5.08. The number of thioether (sulfide) groups is 1. The minimum absolute atomic E-state index is 0.0269. The lowest BCUT2D eigenvalue weighted by Gasteiger charge is -2.09. The van der Waals surface area contributed by atoms with E-state index in [2.05, 4.69) is 10.2 Å². The fourth-order valence-electron chi connectivity index (χ4n) is 2.64. The second-order valence-electron chi connectivity index (χ2n) is 5.61. The summed E-state index contributed by atoms with van der Waals surface area (Å²) in [5.74, 6) is 2.45. The molecule has 0 saturated carbocycles. The Morgan fingerprint density at radius 3 is 2.56 bits per heavy atom. The number of para-hydroxylation sites is 1. The number of non-ortho nitro benzene ring substituents is 1.